The van der Waals surface area contributed by atoms with Gasteiger partial charge in [-0.2, -0.15) is 0 Å². The lowest BCUT2D eigenvalue weighted by Crippen LogP contribution is -1.85. The van der Waals surface area contributed by atoms with Crippen LogP contribution in [-0.2, 0) is 4.74 Å². The largest absolute Gasteiger partial charge is 0.494 e. The topological polar surface area (TPSA) is 45.4 Å². The molecule has 0 saturated heterocycles. The number of nitrogens with one attached hydrogen (secondary N) is 1. The molecule has 0 amide bonds. The Kier molecular flexibility index (Phi) is 4.58. The van der Waals surface area contributed by atoms with Gasteiger partial charge in [0.15, 0.2) is 5.76 Å². The fraction of sp³-hybridized carbons (Fsp3) is 0.333. The first kappa shape index (κ1) is 9.17. The molecule has 3 nitrogen and oxygen atoms in total. The van der Waals surface area contributed by atoms with Crippen molar-refractivity contribution in [1.82, 2.24) is 0 Å². The summed E-state index contributed by atoms with van der Waals surface area (Å²) in [7, 11) is 1.47. The van der Waals surface area contributed by atoms with Crippen molar-refractivity contribution in [2.24, 2.45) is 4.99 Å². The smallest absolute Gasteiger partial charge is 0.154 e. The fourth-order valence-corrected chi connectivity index (χ4v) is 0.350. The molecule has 0 aromatic carbocycles. The van der Waals surface area contributed by atoms with Gasteiger partial charge in [0.25, 0.3) is 0 Å². The summed E-state index contributed by atoms with van der Waals surface area (Å²) in [5.74, 6) is 0.375. The molecule has 0 aromatic heterocycles. The minimum absolute atomic E-state index is 0.375. The lowest BCUT2D eigenvalue weighted by Gasteiger charge is -1.93. The molecule has 0 atom stereocenters. The molecule has 0 saturated carbocycles. The van der Waals surface area contributed by atoms with Gasteiger partial charge in [0.2, 0.25) is 0 Å². The van der Waals surface area contributed by atoms with Gasteiger partial charge in [-0.3, -0.25) is 0 Å². The normalized spacial score (nSPS) is 13.1. The Morgan fingerprint density at radius 1 is 1.70 bits per heavy atom. The molecule has 0 spiro atoms. The maximum Gasteiger partial charge on any atom is 0.154 e. The van der Waals surface area contributed by atoms with Crippen molar-refractivity contribution in [3.05, 3.63) is 12.0 Å². The quantitative estimate of drug-likeness (QED) is 0.497. The summed E-state index contributed by atoms with van der Waals surface area (Å²) in [5.41, 5.74) is 0. The molecule has 4 heteroatoms. The van der Waals surface area contributed by atoms with Crippen molar-refractivity contribution in [3.8, 4) is 0 Å². The molecule has 10 heavy (non-hydrogen) atoms. The molecule has 0 radical (unpaired) electrons. The van der Waals surface area contributed by atoms with Gasteiger partial charge in [-0.25, -0.2) is 4.99 Å². The van der Waals surface area contributed by atoms with E-state index >= 15 is 0 Å². The third-order valence-electron chi connectivity index (χ3n) is 0.748. The summed E-state index contributed by atoms with van der Waals surface area (Å²) < 4.78 is 4.70. The van der Waals surface area contributed by atoms with Gasteiger partial charge in [-0.15, -0.1) is 0 Å². The van der Waals surface area contributed by atoms with Gasteiger partial charge < -0.3 is 10.1 Å². The Labute approximate surface area is 64.9 Å². The van der Waals surface area contributed by atoms with Gasteiger partial charge in [-0.1, -0.05) is 11.6 Å². The summed E-state index contributed by atoms with van der Waals surface area (Å²) in [4.78, 5) is 3.71. The first-order valence-corrected chi connectivity index (χ1v) is 3.03. The number of halogens is 1. The van der Waals surface area contributed by atoms with Gasteiger partial charge in [0.1, 0.15) is 5.17 Å². The molecule has 0 aromatic rings. The first-order chi connectivity index (χ1) is 4.70. The van der Waals surface area contributed by atoms with Crippen molar-refractivity contribution in [1.29, 1.82) is 5.41 Å². The average molecular weight is 161 g/mol. The fourth-order valence-electron chi connectivity index (χ4n) is 0.301. The second kappa shape index (κ2) is 4.99. The average Bonchev–Trinajstić information content (AvgIpc) is 1.90. The molecule has 0 bridgehead atoms. The summed E-state index contributed by atoms with van der Waals surface area (Å²) in [6, 6.07) is 0. The van der Waals surface area contributed by atoms with Crippen molar-refractivity contribution < 1.29 is 4.74 Å². The number of aliphatic imine (C=N–C) groups is 1. The van der Waals surface area contributed by atoms with E-state index in [4.69, 9.17) is 21.7 Å². The van der Waals surface area contributed by atoms with E-state index in [0.29, 0.717) is 10.9 Å². The molecular formula is C6H9ClN2O. The lowest BCUT2D eigenvalue weighted by atomic mass is 10.6. The number of allylic oxidation sites excluding steroid dienone is 1. The molecule has 56 valence electrons. The number of hydrogen-bond acceptors (Lipinski definition) is 3. The second-order valence-electron chi connectivity index (χ2n) is 1.51. The van der Waals surface area contributed by atoms with E-state index in [1.165, 1.54) is 13.3 Å². The Hall–Kier alpha value is -0.830. The van der Waals surface area contributed by atoms with Crippen molar-refractivity contribution in [3.63, 3.8) is 0 Å². The second-order valence-corrected chi connectivity index (χ2v) is 2.05. The molecule has 0 aliphatic carbocycles. The van der Waals surface area contributed by atoms with Crippen LogP contribution in [0.3, 0.4) is 0 Å². The minimum atomic E-state index is 0.375. The van der Waals surface area contributed by atoms with Crippen LogP contribution in [0.1, 0.15) is 6.92 Å². The van der Waals surface area contributed by atoms with E-state index in [2.05, 4.69) is 4.99 Å². The highest BCUT2D eigenvalue weighted by Gasteiger charge is 1.85. The summed E-state index contributed by atoms with van der Waals surface area (Å²) in [6.07, 6.45) is 2.44. The third kappa shape index (κ3) is 4.09. The van der Waals surface area contributed by atoms with E-state index in [1.54, 1.807) is 6.92 Å². The van der Waals surface area contributed by atoms with Crippen LogP contribution in [0.15, 0.2) is 17.0 Å². The molecule has 0 heterocycles. The van der Waals surface area contributed by atoms with Crippen LogP contribution in [0.25, 0.3) is 0 Å². The molecule has 0 aliphatic rings. The highest BCUT2D eigenvalue weighted by molar-refractivity contribution is 6.64. The van der Waals surface area contributed by atoms with Crippen molar-refractivity contribution >= 4 is 23.0 Å². The molecule has 0 fully saturated rings. The van der Waals surface area contributed by atoms with E-state index in [9.17, 15) is 0 Å². The number of hydrogen-bond donors (Lipinski definition) is 1. The number of nitrogens with zero attached hydrogens (tertiary/aromatic N) is 1. The van der Waals surface area contributed by atoms with Crippen molar-refractivity contribution in [2.45, 2.75) is 6.92 Å². The monoisotopic (exact) mass is 160 g/mol. The molecule has 0 rings (SSSR count). The van der Waals surface area contributed by atoms with Gasteiger partial charge in [0, 0.05) is 0 Å². The maximum atomic E-state index is 6.77. The Balaban J connectivity index is 4.12. The molecular weight excluding hydrogens is 152 g/mol. The third-order valence-corrected chi connectivity index (χ3v) is 0.845. The van der Waals surface area contributed by atoms with E-state index in [-0.39, 0.29) is 0 Å². The number of methoxy groups -OCH3 is 1. The first-order valence-electron chi connectivity index (χ1n) is 2.65. The predicted molar refractivity (Wildman–Crippen MR) is 42.8 cm³/mol. The molecule has 1 N–H and O–H groups in total. The minimum Gasteiger partial charge on any atom is -0.494 e. The highest BCUT2D eigenvalue weighted by atomic mass is 35.5. The van der Waals surface area contributed by atoms with Crippen LogP contribution in [0.2, 0.25) is 0 Å². The van der Waals surface area contributed by atoms with Crippen LogP contribution in [0.4, 0.5) is 0 Å². The standard InChI is InChI=1S/C6H9ClN2O/c1-5(7)9-4-6(3-8)10-2/h3-4,8H,1-2H3/b6-4+,8-3?,9-5+. The van der Waals surface area contributed by atoms with E-state index in [0.717, 1.165) is 6.21 Å². The number of rotatable bonds is 3. The number of ether oxygens (including phenoxy) is 1. The molecule has 0 unspecified atom stereocenters. The zero-order valence-corrected chi connectivity index (χ0v) is 6.64. The van der Waals surface area contributed by atoms with Gasteiger partial charge in [0.05, 0.1) is 19.5 Å². The summed E-state index contributed by atoms with van der Waals surface area (Å²) in [6.45, 7) is 1.65. The zero-order chi connectivity index (χ0) is 7.98. The van der Waals surface area contributed by atoms with Crippen LogP contribution in [-0.4, -0.2) is 18.5 Å². The van der Waals surface area contributed by atoms with E-state index in [1.807, 2.05) is 0 Å². The predicted octanol–water partition coefficient (Wildman–Crippen LogP) is 1.78. The Morgan fingerprint density at radius 2 is 2.30 bits per heavy atom. The van der Waals surface area contributed by atoms with Crippen LogP contribution < -0.4 is 0 Å². The Morgan fingerprint density at radius 3 is 2.60 bits per heavy atom. The van der Waals surface area contributed by atoms with Gasteiger partial charge in [-0.05, 0) is 6.92 Å². The maximum absolute atomic E-state index is 6.77. The van der Waals surface area contributed by atoms with Crippen LogP contribution in [0, 0.1) is 5.41 Å². The molecule has 0 aliphatic heterocycles. The van der Waals surface area contributed by atoms with E-state index < -0.39 is 0 Å². The van der Waals surface area contributed by atoms with Crippen LogP contribution >= 0.6 is 11.6 Å². The van der Waals surface area contributed by atoms with Crippen molar-refractivity contribution in [2.75, 3.05) is 7.11 Å². The Bertz CT molecular complexity index is 171. The highest BCUT2D eigenvalue weighted by Crippen LogP contribution is 1.92. The lowest BCUT2D eigenvalue weighted by molar-refractivity contribution is 0.316. The summed E-state index contributed by atoms with van der Waals surface area (Å²) >= 11 is 5.41. The van der Waals surface area contributed by atoms with Gasteiger partial charge >= 0.3 is 0 Å². The van der Waals surface area contributed by atoms with Crippen LogP contribution in [0.5, 0.6) is 0 Å². The SMILES string of the molecule is CO/C(C=N)=C/N=C(\C)Cl. The summed E-state index contributed by atoms with van der Waals surface area (Å²) in [5, 5.41) is 7.19. The zero-order valence-electron chi connectivity index (χ0n) is 5.89.